The second kappa shape index (κ2) is 4.63. The van der Waals surface area contributed by atoms with Gasteiger partial charge in [-0.2, -0.15) is 0 Å². The van der Waals surface area contributed by atoms with Crippen molar-refractivity contribution in [3.8, 4) is 0 Å². The van der Waals surface area contributed by atoms with Gasteiger partial charge in [-0.1, -0.05) is 44.2 Å². The van der Waals surface area contributed by atoms with Gasteiger partial charge in [0.15, 0.2) is 0 Å². The van der Waals surface area contributed by atoms with Gasteiger partial charge in [0.05, 0.1) is 0 Å². The second-order valence-corrected chi connectivity index (χ2v) is 4.46. The highest BCUT2D eigenvalue weighted by atomic mass is 14.8. The molecule has 1 aromatic rings. The van der Waals surface area contributed by atoms with Crippen molar-refractivity contribution in [1.29, 1.82) is 0 Å². The van der Waals surface area contributed by atoms with Crippen molar-refractivity contribution < 1.29 is 0 Å². The van der Waals surface area contributed by atoms with Crippen LogP contribution < -0.4 is 5.32 Å². The van der Waals surface area contributed by atoms with Crippen LogP contribution in [0.3, 0.4) is 0 Å². The summed E-state index contributed by atoms with van der Waals surface area (Å²) in [5.41, 5.74) is 4.34. The molecule has 0 atom stereocenters. The summed E-state index contributed by atoms with van der Waals surface area (Å²) in [6.07, 6.45) is 3.46. The van der Waals surface area contributed by atoms with Crippen molar-refractivity contribution in [3.05, 3.63) is 41.5 Å². The summed E-state index contributed by atoms with van der Waals surface area (Å²) in [5, 5.41) is 3.35. The molecule has 0 saturated carbocycles. The number of benzene rings is 1. The van der Waals surface area contributed by atoms with Gasteiger partial charge in [-0.05, 0) is 35.6 Å². The van der Waals surface area contributed by atoms with Gasteiger partial charge in [-0.15, -0.1) is 0 Å². The van der Waals surface area contributed by atoms with Crippen molar-refractivity contribution >= 4 is 5.57 Å². The van der Waals surface area contributed by atoms with Crippen LogP contribution >= 0.6 is 0 Å². The Balaban J connectivity index is 2.27. The molecule has 1 aliphatic rings. The third kappa shape index (κ3) is 2.48. The van der Waals surface area contributed by atoms with Crippen molar-refractivity contribution in [2.24, 2.45) is 0 Å². The van der Waals surface area contributed by atoms with E-state index in [1.807, 2.05) is 0 Å². The molecule has 0 radical (unpaired) electrons. The van der Waals surface area contributed by atoms with Crippen LogP contribution in [0.4, 0.5) is 0 Å². The fraction of sp³-hybridized carbons (Fsp3) is 0.429. The third-order valence-corrected chi connectivity index (χ3v) is 2.99. The summed E-state index contributed by atoms with van der Waals surface area (Å²) >= 11 is 0. The van der Waals surface area contributed by atoms with Crippen LogP contribution in [0.25, 0.3) is 5.57 Å². The van der Waals surface area contributed by atoms with Crippen LogP contribution in [0.1, 0.15) is 37.3 Å². The molecule has 1 aromatic carbocycles. The standard InChI is InChI=1S/C14H19N/c1-11(2)13-4-3-5-14(10-13)12-6-8-15-9-7-12/h3-6,10-11,15H,7-9H2,1-2H3. The lowest BCUT2D eigenvalue weighted by atomic mass is 9.95. The van der Waals surface area contributed by atoms with E-state index in [1.165, 1.54) is 16.7 Å². The number of hydrogen-bond acceptors (Lipinski definition) is 1. The Morgan fingerprint density at radius 3 is 2.80 bits per heavy atom. The number of hydrogen-bond donors (Lipinski definition) is 1. The van der Waals surface area contributed by atoms with E-state index in [2.05, 4.69) is 49.5 Å². The quantitative estimate of drug-likeness (QED) is 0.775. The van der Waals surface area contributed by atoms with Crippen LogP contribution in [0.15, 0.2) is 30.3 Å². The van der Waals surface area contributed by atoms with E-state index >= 15 is 0 Å². The van der Waals surface area contributed by atoms with Crippen LogP contribution in [-0.2, 0) is 0 Å². The molecule has 2 rings (SSSR count). The summed E-state index contributed by atoms with van der Waals surface area (Å²) in [7, 11) is 0. The summed E-state index contributed by atoms with van der Waals surface area (Å²) < 4.78 is 0. The molecule has 0 aromatic heterocycles. The SMILES string of the molecule is CC(C)c1cccc(C2=CCNCC2)c1. The fourth-order valence-electron chi connectivity index (χ4n) is 1.98. The lowest BCUT2D eigenvalue weighted by Crippen LogP contribution is -2.20. The highest BCUT2D eigenvalue weighted by Crippen LogP contribution is 2.23. The molecular weight excluding hydrogens is 182 g/mol. The van der Waals surface area contributed by atoms with E-state index in [1.54, 1.807) is 0 Å². The Kier molecular flexibility index (Phi) is 3.22. The van der Waals surface area contributed by atoms with Crippen LogP contribution in [-0.4, -0.2) is 13.1 Å². The van der Waals surface area contributed by atoms with E-state index in [9.17, 15) is 0 Å². The van der Waals surface area contributed by atoms with E-state index in [-0.39, 0.29) is 0 Å². The van der Waals surface area contributed by atoms with Crippen molar-refractivity contribution in [2.45, 2.75) is 26.2 Å². The average Bonchev–Trinajstić information content (AvgIpc) is 2.30. The molecule has 1 aliphatic heterocycles. The first kappa shape index (κ1) is 10.4. The molecule has 80 valence electrons. The number of rotatable bonds is 2. The minimum atomic E-state index is 0.618. The zero-order valence-electron chi connectivity index (χ0n) is 9.59. The normalized spacial score (nSPS) is 16.6. The van der Waals surface area contributed by atoms with Crippen LogP contribution in [0, 0.1) is 0 Å². The lowest BCUT2D eigenvalue weighted by molar-refractivity contribution is 0.738. The largest absolute Gasteiger partial charge is 0.313 e. The fourth-order valence-corrected chi connectivity index (χ4v) is 1.98. The minimum absolute atomic E-state index is 0.618. The first-order chi connectivity index (χ1) is 7.27. The number of nitrogens with one attached hydrogen (secondary N) is 1. The lowest BCUT2D eigenvalue weighted by Gasteiger charge is -2.15. The first-order valence-electron chi connectivity index (χ1n) is 5.77. The molecule has 0 aliphatic carbocycles. The molecule has 15 heavy (non-hydrogen) atoms. The topological polar surface area (TPSA) is 12.0 Å². The second-order valence-electron chi connectivity index (χ2n) is 4.46. The Bertz CT molecular complexity index is 363. The molecule has 1 heterocycles. The van der Waals surface area contributed by atoms with Gasteiger partial charge in [-0.3, -0.25) is 0 Å². The Hall–Kier alpha value is -1.08. The first-order valence-corrected chi connectivity index (χ1v) is 5.77. The van der Waals surface area contributed by atoms with E-state index in [0.717, 1.165) is 19.5 Å². The van der Waals surface area contributed by atoms with Gasteiger partial charge in [0.1, 0.15) is 0 Å². The Labute approximate surface area is 92.2 Å². The maximum absolute atomic E-state index is 3.35. The van der Waals surface area contributed by atoms with Gasteiger partial charge < -0.3 is 5.32 Å². The Morgan fingerprint density at radius 2 is 2.13 bits per heavy atom. The molecule has 0 spiro atoms. The van der Waals surface area contributed by atoms with Crippen molar-refractivity contribution in [3.63, 3.8) is 0 Å². The molecular formula is C14H19N. The van der Waals surface area contributed by atoms with Crippen molar-refractivity contribution in [2.75, 3.05) is 13.1 Å². The molecule has 0 saturated heterocycles. The monoisotopic (exact) mass is 201 g/mol. The zero-order chi connectivity index (χ0) is 10.7. The maximum Gasteiger partial charge on any atom is 0.0140 e. The van der Waals surface area contributed by atoms with Crippen LogP contribution in [0.2, 0.25) is 0 Å². The molecule has 0 unspecified atom stereocenters. The van der Waals surface area contributed by atoms with E-state index in [0.29, 0.717) is 5.92 Å². The minimum Gasteiger partial charge on any atom is -0.313 e. The van der Waals surface area contributed by atoms with Gasteiger partial charge in [-0.25, -0.2) is 0 Å². The van der Waals surface area contributed by atoms with Gasteiger partial charge in [0.2, 0.25) is 0 Å². The van der Waals surface area contributed by atoms with Gasteiger partial charge in [0, 0.05) is 6.54 Å². The molecule has 0 bridgehead atoms. The summed E-state index contributed by atoms with van der Waals surface area (Å²) in [6, 6.07) is 8.95. The van der Waals surface area contributed by atoms with Gasteiger partial charge >= 0.3 is 0 Å². The van der Waals surface area contributed by atoms with Crippen LogP contribution in [0.5, 0.6) is 0 Å². The molecule has 0 amide bonds. The zero-order valence-corrected chi connectivity index (χ0v) is 9.59. The smallest absolute Gasteiger partial charge is 0.0140 e. The third-order valence-electron chi connectivity index (χ3n) is 2.99. The predicted molar refractivity (Wildman–Crippen MR) is 66.0 cm³/mol. The highest BCUT2D eigenvalue weighted by Gasteiger charge is 2.07. The molecule has 1 nitrogen and oxygen atoms in total. The summed E-state index contributed by atoms with van der Waals surface area (Å²) in [6.45, 7) is 6.62. The van der Waals surface area contributed by atoms with Crippen molar-refractivity contribution in [1.82, 2.24) is 5.32 Å². The Morgan fingerprint density at radius 1 is 1.27 bits per heavy atom. The highest BCUT2D eigenvalue weighted by molar-refractivity contribution is 5.67. The van der Waals surface area contributed by atoms with Gasteiger partial charge in [0.25, 0.3) is 0 Å². The average molecular weight is 201 g/mol. The maximum atomic E-state index is 3.35. The summed E-state index contributed by atoms with van der Waals surface area (Å²) in [5.74, 6) is 0.618. The molecule has 1 N–H and O–H groups in total. The van der Waals surface area contributed by atoms with E-state index in [4.69, 9.17) is 0 Å². The molecule has 1 heteroatoms. The summed E-state index contributed by atoms with van der Waals surface area (Å²) in [4.78, 5) is 0. The molecule has 0 fully saturated rings. The predicted octanol–water partition coefficient (Wildman–Crippen LogP) is 3.19. The van der Waals surface area contributed by atoms with E-state index < -0.39 is 0 Å².